The maximum absolute atomic E-state index is 11.5. The van der Waals surface area contributed by atoms with Gasteiger partial charge < -0.3 is 0 Å². The summed E-state index contributed by atoms with van der Waals surface area (Å²) < 4.78 is 1.03. The third-order valence-corrected chi connectivity index (χ3v) is 2.98. The number of benzene rings is 1. The van der Waals surface area contributed by atoms with Crippen LogP contribution in [0.1, 0.15) is 12.0 Å². The van der Waals surface area contributed by atoms with Gasteiger partial charge in [-0.2, -0.15) is 11.8 Å². The molecule has 0 atom stereocenters. The lowest BCUT2D eigenvalue weighted by molar-refractivity contribution is -0.118. The van der Waals surface area contributed by atoms with Crippen LogP contribution in [0.3, 0.4) is 0 Å². The molecule has 0 fully saturated rings. The Balaban J connectivity index is 2.47. The van der Waals surface area contributed by atoms with E-state index in [4.69, 9.17) is 0 Å². The maximum atomic E-state index is 11.5. The van der Waals surface area contributed by atoms with Gasteiger partial charge in [0.2, 0.25) is 0 Å². The van der Waals surface area contributed by atoms with Gasteiger partial charge in [-0.15, -0.1) is 0 Å². The highest BCUT2D eigenvalue weighted by atomic mass is 79.9. The molecule has 1 aromatic carbocycles. The molecule has 14 heavy (non-hydrogen) atoms. The van der Waals surface area contributed by atoms with Crippen molar-refractivity contribution in [1.29, 1.82) is 0 Å². The predicted molar refractivity (Wildman–Crippen MR) is 65.9 cm³/mol. The molecular formula is C11H13BrOS. The number of halogens is 1. The van der Waals surface area contributed by atoms with Crippen molar-refractivity contribution in [2.24, 2.45) is 0 Å². The number of hydrogen-bond acceptors (Lipinski definition) is 2. The van der Waals surface area contributed by atoms with Crippen LogP contribution in [-0.4, -0.2) is 17.8 Å². The zero-order chi connectivity index (χ0) is 10.4. The molecule has 0 aliphatic heterocycles. The van der Waals surface area contributed by atoms with E-state index < -0.39 is 0 Å². The van der Waals surface area contributed by atoms with Crippen LogP contribution in [0, 0.1) is 0 Å². The molecule has 76 valence electrons. The first-order valence-electron chi connectivity index (χ1n) is 4.47. The van der Waals surface area contributed by atoms with Crippen molar-refractivity contribution in [3.63, 3.8) is 0 Å². The minimum Gasteiger partial charge on any atom is -0.299 e. The minimum atomic E-state index is 0.317. The molecule has 3 heteroatoms. The number of ketones is 1. The van der Waals surface area contributed by atoms with Crippen LogP contribution in [0.15, 0.2) is 28.7 Å². The van der Waals surface area contributed by atoms with Crippen molar-refractivity contribution < 1.29 is 4.79 Å². The van der Waals surface area contributed by atoms with Crippen molar-refractivity contribution in [2.75, 3.05) is 12.0 Å². The van der Waals surface area contributed by atoms with Crippen molar-refractivity contribution in [3.05, 3.63) is 34.3 Å². The minimum absolute atomic E-state index is 0.317. The average molecular weight is 273 g/mol. The van der Waals surface area contributed by atoms with Crippen molar-refractivity contribution in [1.82, 2.24) is 0 Å². The van der Waals surface area contributed by atoms with Crippen molar-refractivity contribution >= 4 is 33.5 Å². The second-order valence-electron chi connectivity index (χ2n) is 3.09. The van der Waals surface area contributed by atoms with Gasteiger partial charge in [0.25, 0.3) is 0 Å². The van der Waals surface area contributed by atoms with Crippen LogP contribution in [-0.2, 0) is 11.2 Å². The number of carbonyl (C=O) groups excluding carboxylic acids is 1. The predicted octanol–water partition coefficient (Wildman–Crippen LogP) is 3.31. The van der Waals surface area contributed by atoms with E-state index in [0.29, 0.717) is 18.6 Å². The smallest absolute Gasteiger partial charge is 0.138 e. The summed E-state index contributed by atoms with van der Waals surface area (Å²) in [6.45, 7) is 0. The van der Waals surface area contributed by atoms with Crippen LogP contribution >= 0.6 is 27.7 Å². The Morgan fingerprint density at radius 2 is 2.29 bits per heavy atom. The zero-order valence-electron chi connectivity index (χ0n) is 8.13. The molecular weight excluding hydrogens is 260 g/mol. The highest BCUT2D eigenvalue weighted by Gasteiger charge is 2.03. The van der Waals surface area contributed by atoms with Gasteiger partial charge in [0.1, 0.15) is 5.78 Å². The molecule has 0 N–H and O–H groups in total. The Labute approximate surface area is 97.4 Å². The molecule has 1 aromatic rings. The van der Waals surface area contributed by atoms with Gasteiger partial charge in [0.15, 0.2) is 0 Å². The summed E-state index contributed by atoms with van der Waals surface area (Å²) in [5, 5.41) is 0. The summed E-state index contributed by atoms with van der Waals surface area (Å²) in [6, 6.07) is 7.91. The molecule has 1 rings (SSSR count). The molecule has 0 amide bonds. The quantitative estimate of drug-likeness (QED) is 0.818. The van der Waals surface area contributed by atoms with Crippen molar-refractivity contribution in [2.45, 2.75) is 12.8 Å². The highest BCUT2D eigenvalue weighted by Crippen LogP contribution is 2.13. The van der Waals surface area contributed by atoms with E-state index in [1.54, 1.807) is 11.8 Å². The number of thioether (sulfide) groups is 1. The lowest BCUT2D eigenvalue weighted by Gasteiger charge is -2.00. The Hall–Kier alpha value is -0.280. The second kappa shape index (κ2) is 6.25. The van der Waals surface area contributed by atoms with Crippen LogP contribution in [0.5, 0.6) is 0 Å². The molecule has 0 radical (unpaired) electrons. The summed E-state index contributed by atoms with van der Waals surface area (Å²) in [5.74, 6) is 1.24. The normalized spacial score (nSPS) is 10.1. The lowest BCUT2D eigenvalue weighted by Crippen LogP contribution is -2.03. The number of carbonyl (C=O) groups is 1. The van der Waals surface area contributed by atoms with E-state index in [1.807, 2.05) is 30.5 Å². The van der Waals surface area contributed by atoms with Gasteiger partial charge in [-0.05, 0) is 29.7 Å². The maximum Gasteiger partial charge on any atom is 0.138 e. The van der Waals surface area contributed by atoms with Gasteiger partial charge in [-0.1, -0.05) is 28.1 Å². The first-order valence-corrected chi connectivity index (χ1v) is 6.66. The fraction of sp³-hybridized carbons (Fsp3) is 0.364. The van der Waals surface area contributed by atoms with E-state index in [9.17, 15) is 4.79 Å². The molecule has 0 spiro atoms. The van der Waals surface area contributed by atoms with Gasteiger partial charge in [-0.3, -0.25) is 4.79 Å². The Morgan fingerprint density at radius 1 is 1.50 bits per heavy atom. The van der Waals surface area contributed by atoms with E-state index >= 15 is 0 Å². The zero-order valence-corrected chi connectivity index (χ0v) is 10.5. The molecule has 0 heterocycles. The standard InChI is InChI=1S/C11H13BrOS/c1-14-6-5-11(13)8-9-3-2-4-10(12)7-9/h2-4,7H,5-6,8H2,1H3. The van der Waals surface area contributed by atoms with Gasteiger partial charge in [0, 0.05) is 17.3 Å². The molecule has 0 bridgehead atoms. The molecule has 0 aliphatic carbocycles. The second-order valence-corrected chi connectivity index (χ2v) is 4.99. The SMILES string of the molecule is CSCCC(=O)Cc1cccc(Br)c1. The molecule has 0 aromatic heterocycles. The number of hydrogen-bond donors (Lipinski definition) is 0. The molecule has 0 saturated heterocycles. The van der Waals surface area contributed by atoms with E-state index in [0.717, 1.165) is 15.8 Å². The number of Topliss-reactive ketones (excluding diaryl/α,β-unsaturated/α-hetero) is 1. The monoisotopic (exact) mass is 272 g/mol. The van der Waals surface area contributed by atoms with Crippen LogP contribution in [0.25, 0.3) is 0 Å². The highest BCUT2D eigenvalue weighted by molar-refractivity contribution is 9.10. The van der Waals surface area contributed by atoms with E-state index in [-0.39, 0.29) is 0 Å². The Kier molecular flexibility index (Phi) is 5.26. The summed E-state index contributed by atoms with van der Waals surface area (Å²) in [6.07, 6.45) is 3.25. The van der Waals surface area contributed by atoms with E-state index in [1.165, 1.54) is 0 Å². The fourth-order valence-corrected chi connectivity index (χ4v) is 2.06. The molecule has 0 unspecified atom stereocenters. The molecule has 0 saturated carbocycles. The Morgan fingerprint density at radius 3 is 2.93 bits per heavy atom. The topological polar surface area (TPSA) is 17.1 Å². The third kappa shape index (κ3) is 4.29. The number of rotatable bonds is 5. The van der Waals surface area contributed by atoms with E-state index in [2.05, 4.69) is 15.9 Å². The van der Waals surface area contributed by atoms with Crippen LogP contribution in [0.2, 0.25) is 0 Å². The fourth-order valence-electron chi connectivity index (χ4n) is 1.18. The average Bonchev–Trinajstić information content (AvgIpc) is 2.15. The summed E-state index contributed by atoms with van der Waals surface area (Å²) in [7, 11) is 0. The summed E-state index contributed by atoms with van der Waals surface area (Å²) in [5.41, 5.74) is 1.09. The summed E-state index contributed by atoms with van der Waals surface area (Å²) in [4.78, 5) is 11.5. The largest absolute Gasteiger partial charge is 0.299 e. The molecule has 1 nitrogen and oxygen atoms in total. The summed E-state index contributed by atoms with van der Waals surface area (Å²) >= 11 is 5.10. The van der Waals surface area contributed by atoms with Gasteiger partial charge in [0.05, 0.1) is 0 Å². The first-order chi connectivity index (χ1) is 6.72. The lowest BCUT2D eigenvalue weighted by atomic mass is 10.1. The van der Waals surface area contributed by atoms with Gasteiger partial charge in [-0.25, -0.2) is 0 Å². The Bertz CT molecular complexity index is 312. The van der Waals surface area contributed by atoms with Gasteiger partial charge >= 0.3 is 0 Å². The van der Waals surface area contributed by atoms with Crippen molar-refractivity contribution in [3.8, 4) is 0 Å². The molecule has 0 aliphatic rings. The van der Waals surface area contributed by atoms with Crippen LogP contribution in [0.4, 0.5) is 0 Å². The first kappa shape index (κ1) is 11.8. The third-order valence-electron chi connectivity index (χ3n) is 1.88. The van der Waals surface area contributed by atoms with Crippen LogP contribution < -0.4 is 0 Å².